The van der Waals surface area contributed by atoms with Crippen molar-refractivity contribution in [3.63, 3.8) is 0 Å². The lowest BCUT2D eigenvalue weighted by Crippen LogP contribution is -2.41. The third-order valence-electron chi connectivity index (χ3n) is 5.21. The Kier molecular flexibility index (Phi) is 5.05. The monoisotopic (exact) mass is 394 g/mol. The van der Waals surface area contributed by atoms with Gasteiger partial charge in [-0.1, -0.05) is 36.4 Å². The maximum atomic E-state index is 6.06. The van der Waals surface area contributed by atoms with Crippen molar-refractivity contribution in [1.82, 2.24) is 15.3 Å². The van der Waals surface area contributed by atoms with Crippen LogP contribution in [0.4, 0.5) is 5.95 Å². The fraction of sp³-hybridized carbons (Fsp3) is 0.333. The molecule has 0 bridgehead atoms. The molecule has 0 aliphatic carbocycles. The highest BCUT2D eigenvalue weighted by atomic mass is 32.1. The number of rotatable bonds is 6. The number of nitrogens with zero attached hydrogens (tertiary/aromatic N) is 2. The Morgan fingerprint density at radius 3 is 2.61 bits per heavy atom. The summed E-state index contributed by atoms with van der Waals surface area (Å²) in [6, 6.07) is 16.7. The van der Waals surface area contributed by atoms with E-state index in [1.165, 1.54) is 5.56 Å². The van der Waals surface area contributed by atoms with Gasteiger partial charge >= 0.3 is 0 Å². The van der Waals surface area contributed by atoms with Crippen LogP contribution in [0, 0.1) is 0 Å². The summed E-state index contributed by atoms with van der Waals surface area (Å²) in [5.74, 6) is 0.615. The molecule has 28 heavy (non-hydrogen) atoms. The Labute approximate surface area is 167 Å². The van der Waals surface area contributed by atoms with E-state index in [9.17, 15) is 0 Å². The molecular formula is C21H22N4O2S. The lowest BCUT2D eigenvalue weighted by atomic mass is 10.1. The van der Waals surface area contributed by atoms with Gasteiger partial charge in [-0.3, -0.25) is 0 Å². The van der Waals surface area contributed by atoms with Crippen LogP contribution in [-0.2, 0) is 16.0 Å². The summed E-state index contributed by atoms with van der Waals surface area (Å²) in [6.45, 7) is 2.05. The zero-order chi connectivity index (χ0) is 18.8. The van der Waals surface area contributed by atoms with Gasteiger partial charge in [0.2, 0.25) is 5.95 Å². The zero-order valence-corrected chi connectivity index (χ0v) is 16.1. The van der Waals surface area contributed by atoms with E-state index in [0.29, 0.717) is 19.2 Å². The predicted molar refractivity (Wildman–Crippen MR) is 109 cm³/mol. The summed E-state index contributed by atoms with van der Waals surface area (Å²) in [4.78, 5) is 10.2. The first-order valence-corrected chi connectivity index (χ1v) is 10.4. The van der Waals surface area contributed by atoms with Crippen LogP contribution in [0.1, 0.15) is 5.56 Å². The van der Waals surface area contributed by atoms with Gasteiger partial charge in [-0.2, -0.15) is 0 Å². The van der Waals surface area contributed by atoms with Crippen molar-refractivity contribution in [1.29, 1.82) is 0 Å². The number of hydrogen-bond donors (Lipinski definition) is 2. The fourth-order valence-electron chi connectivity index (χ4n) is 3.80. The van der Waals surface area contributed by atoms with E-state index in [2.05, 4.69) is 56.3 Å². The van der Waals surface area contributed by atoms with E-state index in [1.807, 2.05) is 18.2 Å². The summed E-state index contributed by atoms with van der Waals surface area (Å²) in [5, 5.41) is 9.04. The van der Waals surface area contributed by atoms with Crippen LogP contribution < -0.4 is 10.6 Å². The van der Waals surface area contributed by atoms with Crippen molar-refractivity contribution in [2.75, 3.05) is 18.5 Å². The third kappa shape index (κ3) is 3.66. The third-order valence-corrected chi connectivity index (χ3v) is 6.10. The number of anilines is 1. The first kappa shape index (κ1) is 17.8. The molecule has 0 radical (unpaired) electrons. The molecule has 5 rings (SSSR count). The zero-order valence-electron chi connectivity index (χ0n) is 15.3. The lowest BCUT2D eigenvalue weighted by molar-refractivity contribution is 0.0675. The Bertz CT molecular complexity index is 906. The smallest absolute Gasteiger partial charge is 0.223 e. The average molecular weight is 395 g/mol. The molecule has 7 heteroatoms. The molecular weight excluding hydrogens is 372 g/mol. The number of nitrogens with one attached hydrogen (secondary N) is 2. The van der Waals surface area contributed by atoms with Crippen LogP contribution in [0.2, 0.25) is 0 Å². The molecule has 144 valence electrons. The van der Waals surface area contributed by atoms with Crippen LogP contribution >= 0.6 is 11.3 Å². The molecule has 1 aromatic carbocycles. The molecule has 4 heterocycles. The summed E-state index contributed by atoms with van der Waals surface area (Å²) in [6.07, 6.45) is 1.83. The molecule has 4 unspecified atom stereocenters. The van der Waals surface area contributed by atoms with Gasteiger partial charge in [0.05, 0.1) is 35.9 Å². The number of aromatic nitrogens is 2. The Morgan fingerprint density at radius 1 is 0.964 bits per heavy atom. The second kappa shape index (κ2) is 7.97. The standard InChI is InChI=1S/C21H22N4O2S/c1-2-5-14(6-3-1)11-23-16-12-26-20-17(13-27-19(16)20)25-21-22-9-8-15(24-21)18-7-4-10-28-18/h1-10,16-17,19-20,23H,11-13H2,(H,22,24,25). The summed E-state index contributed by atoms with van der Waals surface area (Å²) in [7, 11) is 0. The van der Waals surface area contributed by atoms with Crippen LogP contribution in [-0.4, -0.2) is 47.5 Å². The van der Waals surface area contributed by atoms with Gasteiger partial charge in [0, 0.05) is 12.7 Å². The maximum Gasteiger partial charge on any atom is 0.223 e. The van der Waals surface area contributed by atoms with Crippen molar-refractivity contribution in [3.05, 3.63) is 65.7 Å². The van der Waals surface area contributed by atoms with Crippen LogP contribution in [0.25, 0.3) is 10.6 Å². The van der Waals surface area contributed by atoms with Gasteiger partial charge in [0.25, 0.3) is 0 Å². The topological polar surface area (TPSA) is 68.3 Å². The van der Waals surface area contributed by atoms with E-state index in [0.717, 1.165) is 17.1 Å². The minimum Gasteiger partial charge on any atom is -0.371 e. The van der Waals surface area contributed by atoms with Crippen molar-refractivity contribution < 1.29 is 9.47 Å². The molecule has 4 atom stereocenters. The SMILES string of the molecule is c1ccc(CNC2COC3C(Nc4nccc(-c5cccs5)n4)COC23)cc1. The van der Waals surface area contributed by atoms with Gasteiger partial charge < -0.3 is 20.1 Å². The van der Waals surface area contributed by atoms with Crippen LogP contribution in [0.5, 0.6) is 0 Å². The van der Waals surface area contributed by atoms with Crippen LogP contribution in [0.15, 0.2) is 60.1 Å². The summed E-state index contributed by atoms with van der Waals surface area (Å²) in [5.41, 5.74) is 2.19. The normalized spacial score (nSPS) is 26.3. The molecule has 3 aromatic rings. The quantitative estimate of drug-likeness (QED) is 0.670. The molecule has 2 aliphatic rings. The molecule has 6 nitrogen and oxygen atoms in total. The van der Waals surface area contributed by atoms with Gasteiger partial charge in [-0.25, -0.2) is 9.97 Å². The molecule has 2 N–H and O–H groups in total. The molecule has 2 aliphatic heterocycles. The molecule has 0 amide bonds. The highest BCUT2D eigenvalue weighted by Gasteiger charge is 2.47. The fourth-order valence-corrected chi connectivity index (χ4v) is 4.49. The molecule has 2 aromatic heterocycles. The first-order valence-electron chi connectivity index (χ1n) is 9.51. The number of thiophene rings is 1. The number of hydrogen-bond acceptors (Lipinski definition) is 7. The highest BCUT2D eigenvalue weighted by Crippen LogP contribution is 2.29. The molecule has 2 fully saturated rings. The average Bonchev–Trinajstić information content (AvgIpc) is 3.47. The Morgan fingerprint density at radius 2 is 1.79 bits per heavy atom. The number of benzene rings is 1. The minimum atomic E-state index is 0.00210. The second-order valence-electron chi connectivity index (χ2n) is 7.06. The second-order valence-corrected chi connectivity index (χ2v) is 8.01. The van der Waals surface area contributed by atoms with Gasteiger partial charge in [0.15, 0.2) is 0 Å². The van der Waals surface area contributed by atoms with Crippen molar-refractivity contribution in [3.8, 4) is 10.6 Å². The van der Waals surface area contributed by atoms with E-state index in [4.69, 9.17) is 9.47 Å². The largest absolute Gasteiger partial charge is 0.371 e. The van der Waals surface area contributed by atoms with Gasteiger partial charge in [-0.05, 0) is 23.1 Å². The summed E-state index contributed by atoms with van der Waals surface area (Å²) < 4.78 is 12.1. The number of ether oxygens (including phenoxy) is 2. The lowest BCUT2D eigenvalue weighted by Gasteiger charge is -2.18. The predicted octanol–water partition coefficient (Wildman–Crippen LogP) is 2.94. The highest BCUT2D eigenvalue weighted by molar-refractivity contribution is 7.13. The van der Waals surface area contributed by atoms with E-state index in [1.54, 1.807) is 17.5 Å². The number of fused-ring (bicyclic) bond motifs is 1. The van der Waals surface area contributed by atoms with Crippen molar-refractivity contribution >= 4 is 17.3 Å². The Balaban J connectivity index is 1.21. The summed E-state index contributed by atoms with van der Waals surface area (Å²) >= 11 is 1.67. The maximum absolute atomic E-state index is 6.06. The molecule has 2 saturated heterocycles. The van der Waals surface area contributed by atoms with Gasteiger partial charge in [-0.15, -0.1) is 11.3 Å². The first-order chi connectivity index (χ1) is 13.9. The van der Waals surface area contributed by atoms with E-state index < -0.39 is 0 Å². The van der Waals surface area contributed by atoms with Gasteiger partial charge in [0.1, 0.15) is 12.2 Å². The van der Waals surface area contributed by atoms with Crippen LogP contribution in [0.3, 0.4) is 0 Å². The Hall–Kier alpha value is -2.32. The van der Waals surface area contributed by atoms with E-state index >= 15 is 0 Å². The minimum absolute atomic E-state index is 0.00210. The van der Waals surface area contributed by atoms with Crippen molar-refractivity contribution in [2.24, 2.45) is 0 Å². The molecule has 0 spiro atoms. The van der Waals surface area contributed by atoms with E-state index in [-0.39, 0.29) is 24.3 Å². The van der Waals surface area contributed by atoms with Crippen molar-refractivity contribution in [2.45, 2.75) is 30.8 Å². The molecule has 0 saturated carbocycles.